The van der Waals surface area contributed by atoms with Crippen molar-refractivity contribution in [2.45, 2.75) is 53.6 Å². The van der Waals surface area contributed by atoms with E-state index < -0.39 is 11.6 Å². The number of carbonyl (C=O) groups is 1. The van der Waals surface area contributed by atoms with Gasteiger partial charge in [-0.1, -0.05) is 55.4 Å². The van der Waals surface area contributed by atoms with Gasteiger partial charge in [-0.15, -0.1) is 0 Å². The number of aryl methyl sites for hydroxylation is 1. The quantitative estimate of drug-likeness (QED) is 0.609. The lowest BCUT2D eigenvalue weighted by Gasteiger charge is -2.19. The second-order valence-corrected chi connectivity index (χ2v) is 6.16. The van der Waals surface area contributed by atoms with Gasteiger partial charge in [0.25, 0.3) is 0 Å². The zero-order valence-electron chi connectivity index (χ0n) is 15.3. The number of esters is 1. The molecule has 0 unspecified atom stereocenters. The van der Waals surface area contributed by atoms with E-state index in [9.17, 15) is 4.79 Å². The van der Waals surface area contributed by atoms with Crippen LogP contribution in [0.25, 0.3) is 11.4 Å². The van der Waals surface area contributed by atoms with Crippen LogP contribution in [0.1, 0.15) is 46.1 Å². The molecular weight excluding hydrogens is 304 g/mol. The number of hydrogen-bond acceptors (Lipinski definition) is 5. The lowest BCUT2D eigenvalue weighted by Crippen LogP contribution is -2.25. The van der Waals surface area contributed by atoms with Crippen molar-refractivity contribution in [2.24, 2.45) is 0 Å². The Labute approximate surface area is 143 Å². The van der Waals surface area contributed by atoms with Crippen LogP contribution in [0.4, 0.5) is 0 Å². The normalized spacial score (nSPS) is 10.6. The zero-order valence-corrected chi connectivity index (χ0v) is 15.3. The van der Waals surface area contributed by atoms with Crippen molar-refractivity contribution in [3.05, 3.63) is 47.9 Å². The maximum Gasteiger partial charge on any atom is 0.334 e. The molecule has 5 heteroatoms. The molecule has 0 saturated carbocycles. The summed E-state index contributed by atoms with van der Waals surface area (Å²) in [5.41, 5.74) is 1.75. The van der Waals surface area contributed by atoms with Crippen molar-refractivity contribution in [3.8, 4) is 11.4 Å². The number of rotatable bonds is 4. The summed E-state index contributed by atoms with van der Waals surface area (Å²) in [5.74, 6) is 0.376. The molecular formula is C19H26N2O3. The van der Waals surface area contributed by atoms with Gasteiger partial charge < -0.3 is 9.26 Å². The predicted molar refractivity (Wildman–Crippen MR) is 94.5 cm³/mol. The van der Waals surface area contributed by atoms with Crippen LogP contribution in [0.15, 0.2) is 40.9 Å². The molecule has 0 spiro atoms. The summed E-state index contributed by atoms with van der Waals surface area (Å²) in [7, 11) is 0. The van der Waals surface area contributed by atoms with Gasteiger partial charge in [0.05, 0.1) is 6.42 Å². The van der Waals surface area contributed by atoms with Crippen molar-refractivity contribution in [1.29, 1.82) is 0 Å². The number of benzene rings is 1. The molecule has 2 aromatic rings. The Morgan fingerprint density at radius 1 is 1.21 bits per heavy atom. The number of nitrogens with zero attached hydrogens (tertiary/aromatic N) is 2. The number of ether oxygens (including phenoxy) is 1. The molecule has 0 bridgehead atoms. The lowest BCUT2D eigenvalue weighted by molar-refractivity contribution is -0.150. The van der Waals surface area contributed by atoms with Gasteiger partial charge in [-0.2, -0.15) is 4.98 Å². The van der Waals surface area contributed by atoms with E-state index in [0.29, 0.717) is 11.7 Å². The maximum atomic E-state index is 11.9. The van der Waals surface area contributed by atoms with Crippen LogP contribution in [0.3, 0.4) is 0 Å². The molecule has 0 aliphatic carbocycles. The molecule has 0 aliphatic rings. The minimum Gasteiger partial charge on any atom is -0.457 e. The van der Waals surface area contributed by atoms with Crippen molar-refractivity contribution < 1.29 is 14.1 Å². The average molecular weight is 330 g/mol. The molecule has 24 heavy (non-hydrogen) atoms. The van der Waals surface area contributed by atoms with E-state index in [2.05, 4.69) is 16.7 Å². The molecule has 2 rings (SSSR count). The maximum absolute atomic E-state index is 11.9. The number of carbonyl (C=O) groups excluding carboxylic acids is 1. The Morgan fingerprint density at radius 2 is 1.79 bits per heavy atom. The Kier molecular flexibility index (Phi) is 6.89. The highest BCUT2D eigenvalue weighted by atomic mass is 16.6. The van der Waals surface area contributed by atoms with Crippen LogP contribution >= 0.6 is 0 Å². The van der Waals surface area contributed by atoms with Gasteiger partial charge in [0.1, 0.15) is 5.60 Å². The summed E-state index contributed by atoms with van der Waals surface area (Å²) >= 11 is 0. The third-order valence-electron chi connectivity index (χ3n) is 2.83. The SMILES string of the molecule is C=C(Cc1nc(-c2ccc(C)cc2)no1)C(=O)OC(C)(C)C.CC. The van der Waals surface area contributed by atoms with Crippen molar-refractivity contribution in [3.63, 3.8) is 0 Å². The molecule has 1 aromatic heterocycles. The molecule has 130 valence electrons. The van der Waals surface area contributed by atoms with E-state index in [1.807, 2.05) is 45.0 Å². The Balaban J connectivity index is 0.00000139. The highest BCUT2D eigenvalue weighted by molar-refractivity contribution is 5.88. The predicted octanol–water partition coefficient (Wildman–Crippen LogP) is 4.51. The molecule has 1 heterocycles. The number of hydrogen-bond donors (Lipinski definition) is 0. The fourth-order valence-corrected chi connectivity index (χ4v) is 1.75. The Morgan fingerprint density at radius 3 is 2.33 bits per heavy atom. The first kappa shape index (κ1) is 19.6. The highest BCUT2D eigenvalue weighted by Crippen LogP contribution is 2.18. The molecule has 0 saturated heterocycles. The summed E-state index contributed by atoms with van der Waals surface area (Å²) in [6, 6.07) is 7.80. The molecule has 0 amide bonds. The van der Waals surface area contributed by atoms with Crippen LogP contribution in [0, 0.1) is 6.92 Å². The van der Waals surface area contributed by atoms with Gasteiger partial charge in [0, 0.05) is 11.1 Å². The van der Waals surface area contributed by atoms with Crippen LogP contribution < -0.4 is 0 Å². The number of aromatic nitrogens is 2. The first-order valence-corrected chi connectivity index (χ1v) is 8.05. The van der Waals surface area contributed by atoms with Crippen molar-refractivity contribution >= 4 is 5.97 Å². The minimum atomic E-state index is -0.554. The van der Waals surface area contributed by atoms with Crippen LogP contribution in [-0.4, -0.2) is 21.7 Å². The summed E-state index contributed by atoms with van der Waals surface area (Å²) < 4.78 is 10.4. The third kappa shape index (κ3) is 5.99. The fraction of sp³-hybridized carbons (Fsp3) is 0.421. The first-order chi connectivity index (χ1) is 11.2. The molecule has 5 nitrogen and oxygen atoms in total. The summed E-state index contributed by atoms with van der Waals surface area (Å²) in [6.45, 7) is 15.2. The lowest BCUT2D eigenvalue weighted by atomic mass is 10.1. The third-order valence-corrected chi connectivity index (χ3v) is 2.83. The second-order valence-electron chi connectivity index (χ2n) is 6.16. The molecule has 0 aliphatic heterocycles. The highest BCUT2D eigenvalue weighted by Gasteiger charge is 2.20. The molecule has 0 fully saturated rings. The monoisotopic (exact) mass is 330 g/mol. The Hall–Kier alpha value is -2.43. The van der Waals surface area contributed by atoms with E-state index in [-0.39, 0.29) is 12.0 Å². The van der Waals surface area contributed by atoms with E-state index in [1.54, 1.807) is 20.8 Å². The largest absolute Gasteiger partial charge is 0.457 e. The van der Waals surface area contributed by atoms with Gasteiger partial charge in [-0.3, -0.25) is 0 Å². The summed E-state index contributed by atoms with van der Waals surface area (Å²) in [6.07, 6.45) is 0.174. The van der Waals surface area contributed by atoms with Crippen molar-refractivity contribution in [1.82, 2.24) is 10.1 Å². The average Bonchev–Trinajstić information content (AvgIpc) is 2.97. The molecule has 0 atom stereocenters. The van der Waals surface area contributed by atoms with Gasteiger partial charge in [-0.05, 0) is 27.7 Å². The topological polar surface area (TPSA) is 65.2 Å². The zero-order chi connectivity index (χ0) is 18.3. The van der Waals surface area contributed by atoms with Crippen molar-refractivity contribution in [2.75, 3.05) is 0 Å². The standard InChI is InChI=1S/C17H20N2O3.C2H6/c1-11-6-8-13(9-7-11)15-18-14(22-19-15)10-12(2)16(20)21-17(3,4)5;1-2/h6-9H,2,10H2,1,3-5H3;1-2H3. The second kappa shape index (κ2) is 8.43. The van der Waals surface area contributed by atoms with Gasteiger partial charge >= 0.3 is 5.97 Å². The van der Waals surface area contributed by atoms with Gasteiger partial charge in [0.2, 0.25) is 11.7 Å². The molecule has 1 aromatic carbocycles. The fourth-order valence-electron chi connectivity index (χ4n) is 1.75. The van der Waals surface area contributed by atoms with Gasteiger partial charge in [-0.25, -0.2) is 4.79 Å². The Bertz CT molecular complexity index is 679. The molecule has 0 radical (unpaired) electrons. The van der Waals surface area contributed by atoms with E-state index in [0.717, 1.165) is 11.1 Å². The van der Waals surface area contributed by atoms with E-state index in [1.165, 1.54) is 0 Å². The summed E-state index contributed by atoms with van der Waals surface area (Å²) in [5, 5.41) is 3.92. The van der Waals surface area contributed by atoms with Gasteiger partial charge in [0.15, 0.2) is 0 Å². The molecule has 0 N–H and O–H groups in total. The van der Waals surface area contributed by atoms with E-state index in [4.69, 9.17) is 9.26 Å². The van der Waals surface area contributed by atoms with Crippen LogP contribution in [0.2, 0.25) is 0 Å². The van der Waals surface area contributed by atoms with Crippen LogP contribution in [0.5, 0.6) is 0 Å². The first-order valence-electron chi connectivity index (χ1n) is 8.05. The summed E-state index contributed by atoms with van der Waals surface area (Å²) in [4.78, 5) is 16.1. The smallest absolute Gasteiger partial charge is 0.334 e. The minimum absolute atomic E-state index is 0.174. The van der Waals surface area contributed by atoms with E-state index >= 15 is 0 Å². The van der Waals surface area contributed by atoms with Crippen LogP contribution in [-0.2, 0) is 16.0 Å².